The van der Waals surface area contributed by atoms with E-state index in [0.29, 0.717) is 10.9 Å². The third-order valence-corrected chi connectivity index (χ3v) is 2.66. The molecule has 1 heterocycles. The summed E-state index contributed by atoms with van der Waals surface area (Å²) in [6, 6.07) is 4.94. The number of pyridine rings is 1. The number of H-pyrrole nitrogens is 1. The zero-order valence-corrected chi connectivity index (χ0v) is 11.5. The highest BCUT2D eigenvalue weighted by molar-refractivity contribution is 8.93. The summed E-state index contributed by atoms with van der Waals surface area (Å²) in [6.07, 6.45) is -0.0593. The monoisotopic (exact) mass is 328 g/mol. The maximum absolute atomic E-state index is 11.7. The van der Waals surface area contributed by atoms with E-state index in [-0.39, 0.29) is 40.3 Å². The Morgan fingerprint density at radius 3 is 2.68 bits per heavy atom. The zero-order chi connectivity index (χ0) is 13.3. The van der Waals surface area contributed by atoms with E-state index in [0.717, 1.165) is 0 Å². The van der Waals surface area contributed by atoms with Crippen LogP contribution in [0.25, 0.3) is 10.9 Å². The number of hydrogen-bond acceptors (Lipinski definition) is 4. The van der Waals surface area contributed by atoms with Crippen LogP contribution in [0, 0.1) is 0 Å². The first-order chi connectivity index (χ1) is 8.47. The molecule has 0 aliphatic heterocycles. The number of nitrogens with one attached hydrogen (secondary N) is 1. The summed E-state index contributed by atoms with van der Waals surface area (Å²) in [7, 11) is 0. The number of carboxylic acid groups (broad SMARTS) is 1. The van der Waals surface area contributed by atoms with Gasteiger partial charge in [-0.15, -0.1) is 17.0 Å². The molecule has 0 radical (unpaired) electrons. The molecule has 2 aromatic rings. The van der Waals surface area contributed by atoms with Crippen molar-refractivity contribution < 1.29 is 15.0 Å². The molecule has 2 rings (SSSR count). The van der Waals surface area contributed by atoms with Gasteiger partial charge in [0.05, 0.1) is 0 Å². The van der Waals surface area contributed by atoms with Crippen molar-refractivity contribution in [3.05, 3.63) is 40.2 Å². The molecule has 0 fully saturated rings. The van der Waals surface area contributed by atoms with Gasteiger partial charge in [0.2, 0.25) is 0 Å². The van der Waals surface area contributed by atoms with E-state index < -0.39 is 12.0 Å². The number of nitrogens with two attached hydrogens (primary N) is 1. The van der Waals surface area contributed by atoms with Crippen molar-refractivity contribution in [2.75, 3.05) is 0 Å². The molecular formula is C12H13BrN2O4. The van der Waals surface area contributed by atoms with Gasteiger partial charge in [0.25, 0.3) is 5.56 Å². The fraction of sp³-hybridized carbons (Fsp3) is 0.167. The lowest BCUT2D eigenvalue weighted by molar-refractivity contribution is -0.138. The Morgan fingerprint density at radius 1 is 1.37 bits per heavy atom. The molecule has 0 aliphatic rings. The minimum absolute atomic E-state index is 0. The number of aromatic hydroxyl groups is 1. The molecule has 1 aromatic carbocycles. The van der Waals surface area contributed by atoms with Crippen LogP contribution in [0.15, 0.2) is 29.1 Å². The van der Waals surface area contributed by atoms with Crippen molar-refractivity contribution in [1.29, 1.82) is 0 Å². The van der Waals surface area contributed by atoms with Gasteiger partial charge in [0, 0.05) is 22.9 Å². The van der Waals surface area contributed by atoms with Crippen molar-refractivity contribution >= 4 is 33.9 Å². The number of rotatable bonds is 3. The van der Waals surface area contributed by atoms with Crippen LogP contribution in [-0.4, -0.2) is 27.2 Å². The first-order valence-electron chi connectivity index (χ1n) is 5.30. The molecule has 0 aliphatic carbocycles. The predicted molar refractivity (Wildman–Crippen MR) is 75.9 cm³/mol. The number of benzene rings is 1. The number of aromatic amines is 1. The van der Waals surface area contributed by atoms with Gasteiger partial charge in [-0.25, -0.2) is 0 Å². The second-order valence-electron chi connectivity index (χ2n) is 4.04. The van der Waals surface area contributed by atoms with E-state index in [4.69, 9.17) is 10.8 Å². The summed E-state index contributed by atoms with van der Waals surface area (Å²) in [4.78, 5) is 25.0. The van der Waals surface area contributed by atoms with Crippen LogP contribution in [0.5, 0.6) is 5.75 Å². The van der Waals surface area contributed by atoms with Gasteiger partial charge in [-0.1, -0.05) is 0 Å². The molecule has 102 valence electrons. The van der Waals surface area contributed by atoms with Crippen LogP contribution in [0.1, 0.15) is 5.56 Å². The van der Waals surface area contributed by atoms with Gasteiger partial charge in [-0.2, -0.15) is 0 Å². The summed E-state index contributed by atoms with van der Waals surface area (Å²) in [6.45, 7) is 0. The Morgan fingerprint density at radius 2 is 2.05 bits per heavy atom. The average Bonchev–Trinajstić information content (AvgIpc) is 2.30. The maximum atomic E-state index is 11.7. The number of hydrogen-bond donors (Lipinski definition) is 4. The van der Waals surface area contributed by atoms with E-state index in [2.05, 4.69) is 4.98 Å². The molecule has 0 saturated carbocycles. The van der Waals surface area contributed by atoms with E-state index in [9.17, 15) is 14.7 Å². The van der Waals surface area contributed by atoms with Crippen LogP contribution in [-0.2, 0) is 11.2 Å². The normalized spacial score (nSPS) is 11.8. The molecular weight excluding hydrogens is 316 g/mol. The summed E-state index contributed by atoms with van der Waals surface area (Å²) in [5, 5.41) is 18.7. The van der Waals surface area contributed by atoms with Crippen LogP contribution in [0.2, 0.25) is 0 Å². The van der Waals surface area contributed by atoms with Crippen molar-refractivity contribution in [2.24, 2.45) is 5.73 Å². The second kappa shape index (κ2) is 5.85. The van der Waals surface area contributed by atoms with Gasteiger partial charge in [0.15, 0.2) is 0 Å². The molecule has 0 spiro atoms. The topological polar surface area (TPSA) is 116 Å². The van der Waals surface area contributed by atoms with E-state index in [1.807, 2.05) is 0 Å². The molecule has 0 bridgehead atoms. The second-order valence-corrected chi connectivity index (χ2v) is 4.04. The third-order valence-electron chi connectivity index (χ3n) is 2.66. The molecule has 1 unspecified atom stereocenters. The minimum atomic E-state index is -1.16. The number of aliphatic carboxylic acids is 1. The van der Waals surface area contributed by atoms with E-state index in [1.165, 1.54) is 18.2 Å². The van der Waals surface area contributed by atoms with Crippen LogP contribution in [0.3, 0.4) is 0 Å². The number of halogens is 1. The summed E-state index contributed by atoms with van der Waals surface area (Å²) in [5.74, 6) is -1.09. The molecule has 7 heteroatoms. The average molecular weight is 329 g/mol. The van der Waals surface area contributed by atoms with Crippen LogP contribution >= 0.6 is 17.0 Å². The number of fused-ring (bicyclic) bond motifs is 1. The highest BCUT2D eigenvalue weighted by atomic mass is 79.9. The molecule has 1 aromatic heterocycles. The molecule has 5 N–H and O–H groups in total. The SMILES string of the molecule is Br.NC(Cc1cc2cc(O)ccc2[nH]c1=O)C(=O)O. The highest BCUT2D eigenvalue weighted by Gasteiger charge is 2.14. The molecule has 0 amide bonds. The van der Waals surface area contributed by atoms with Gasteiger partial charge < -0.3 is 20.9 Å². The molecule has 0 saturated heterocycles. The number of carboxylic acids is 1. The molecule has 1 atom stereocenters. The van der Waals surface area contributed by atoms with Crippen LogP contribution < -0.4 is 11.3 Å². The van der Waals surface area contributed by atoms with Crippen molar-refractivity contribution in [3.63, 3.8) is 0 Å². The van der Waals surface area contributed by atoms with Gasteiger partial charge in [-0.05, 0) is 24.3 Å². The van der Waals surface area contributed by atoms with Gasteiger partial charge >= 0.3 is 5.97 Å². The van der Waals surface area contributed by atoms with Gasteiger partial charge in [-0.3, -0.25) is 9.59 Å². The minimum Gasteiger partial charge on any atom is -0.508 e. The number of carbonyl (C=O) groups is 1. The smallest absolute Gasteiger partial charge is 0.320 e. The van der Waals surface area contributed by atoms with Gasteiger partial charge in [0.1, 0.15) is 11.8 Å². The lowest BCUT2D eigenvalue weighted by Gasteiger charge is -2.07. The summed E-state index contributed by atoms with van der Waals surface area (Å²) >= 11 is 0. The lowest BCUT2D eigenvalue weighted by atomic mass is 10.1. The fourth-order valence-corrected chi connectivity index (χ4v) is 1.72. The number of aromatic nitrogens is 1. The first kappa shape index (κ1) is 15.2. The van der Waals surface area contributed by atoms with Crippen LogP contribution in [0.4, 0.5) is 0 Å². The Labute approximate surface area is 118 Å². The third kappa shape index (κ3) is 3.33. The maximum Gasteiger partial charge on any atom is 0.320 e. The zero-order valence-electron chi connectivity index (χ0n) is 9.79. The molecule has 19 heavy (non-hydrogen) atoms. The Hall–Kier alpha value is -1.86. The highest BCUT2D eigenvalue weighted by Crippen LogP contribution is 2.17. The summed E-state index contributed by atoms with van der Waals surface area (Å²) < 4.78 is 0. The first-order valence-corrected chi connectivity index (χ1v) is 5.30. The Bertz CT molecular complexity index is 668. The molecule has 6 nitrogen and oxygen atoms in total. The van der Waals surface area contributed by atoms with Crippen molar-refractivity contribution in [2.45, 2.75) is 12.5 Å². The van der Waals surface area contributed by atoms with Crippen molar-refractivity contribution in [3.8, 4) is 5.75 Å². The lowest BCUT2D eigenvalue weighted by Crippen LogP contribution is -2.34. The quantitative estimate of drug-likeness (QED) is 0.664. The Balaban J connectivity index is 0.00000180. The largest absolute Gasteiger partial charge is 0.508 e. The number of phenolic OH excluding ortho intramolecular Hbond substituents is 1. The predicted octanol–water partition coefficient (Wildman–Crippen LogP) is 0.766. The number of phenols is 1. The Kier molecular flexibility index (Phi) is 4.68. The van der Waals surface area contributed by atoms with E-state index >= 15 is 0 Å². The fourth-order valence-electron chi connectivity index (χ4n) is 1.72. The van der Waals surface area contributed by atoms with E-state index in [1.54, 1.807) is 6.07 Å². The summed E-state index contributed by atoms with van der Waals surface area (Å²) in [5.41, 5.74) is 5.87. The van der Waals surface area contributed by atoms with Crippen molar-refractivity contribution in [1.82, 2.24) is 4.98 Å². The standard InChI is InChI=1S/C12H12N2O4.BrH/c13-9(12(17)18)5-7-3-6-4-8(15)1-2-10(6)14-11(7)16;/h1-4,9,15H,5,13H2,(H,14,16)(H,17,18);1H.